The van der Waals surface area contributed by atoms with Crippen LogP contribution in [0.25, 0.3) is 0 Å². The van der Waals surface area contributed by atoms with Crippen LogP contribution in [0.1, 0.15) is 23.2 Å². The van der Waals surface area contributed by atoms with Gasteiger partial charge in [0.15, 0.2) is 0 Å². The summed E-state index contributed by atoms with van der Waals surface area (Å²) < 4.78 is 2.00. The van der Waals surface area contributed by atoms with Crippen LogP contribution in [-0.4, -0.2) is 27.0 Å². The first-order valence-corrected chi connectivity index (χ1v) is 6.18. The Morgan fingerprint density at radius 3 is 3.05 bits per heavy atom. The fourth-order valence-corrected chi connectivity index (χ4v) is 1.73. The summed E-state index contributed by atoms with van der Waals surface area (Å²) in [5, 5.41) is 2.79. The lowest BCUT2D eigenvalue weighted by molar-refractivity contribution is 0.0952. The number of aromatic amines is 1. The molecule has 2 N–H and O–H groups in total. The molecule has 2 heterocycles. The number of aromatic nitrogens is 3. The van der Waals surface area contributed by atoms with E-state index < -0.39 is 0 Å². The summed E-state index contributed by atoms with van der Waals surface area (Å²) in [6, 6.07) is 2.88. The largest absolute Gasteiger partial charge is 0.352 e. The van der Waals surface area contributed by atoms with Crippen molar-refractivity contribution >= 4 is 5.91 Å². The van der Waals surface area contributed by atoms with Gasteiger partial charge in [0, 0.05) is 43.3 Å². The minimum absolute atomic E-state index is 0.214. The van der Waals surface area contributed by atoms with E-state index in [1.807, 2.05) is 10.8 Å². The molecular formula is C13H16N4O2. The van der Waals surface area contributed by atoms with Gasteiger partial charge >= 0.3 is 0 Å². The lowest BCUT2D eigenvalue weighted by Gasteiger charge is -2.05. The first-order chi connectivity index (χ1) is 9.25. The van der Waals surface area contributed by atoms with Crippen LogP contribution in [0.15, 0.2) is 41.8 Å². The number of imidazole rings is 1. The smallest absolute Gasteiger partial charge is 0.251 e. The van der Waals surface area contributed by atoms with E-state index in [9.17, 15) is 9.59 Å². The Labute approximate surface area is 110 Å². The van der Waals surface area contributed by atoms with E-state index in [0.717, 1.165) is 19.4 Å². The predicted octanol–water partition coefficient (Wildman–Crippen LogP) is 0.782. The molecule has 0 aliphatic rings. The van der Waals surface area contributed by atoms with Gasteiger partial charge in [-0.05, 0) is 18.9 Å². The summed E-state index contributed by atoms with van der Waals surface area (Å²) in [6.45, 7) is 1.49. The zero-order chi connectivity index (χ0) is 13.5. The van der Waals surface area contributed by atoms with Crippen molar-refractivity contribution in [2.75, 3.05) is 6.54 Å². The minimum Gasteiger partial charge on any atom is -0.352 e. The molecule has 2 aromatic rings. The molecule has 0 aliphatic carbocycles. The Morgan fingerprint density at radius 1 is 1.42 bits per heavy atom. The second kappa shape index (κ2) is 6.53. The molecule has 0 unspecified atom stereocenters. The molecule has 0 aliphatic heterocycles. The number of H-pyrrole nitrogens is 1. The number of unbranched alkanes of at least 4 members (excludes halogenated alkanes) is 1. The summed E-state index contributed by atoms with van der Waals surface area (Å²) in [5.41, 5.74) is 0.117. The van der Waals surface area contributed by atoms with E-state index >= 15 is 0 Å². The lowest BCUT2D eigenvalue weighted by Crippen LogP contribution is -2.25. The summed E-state index contributed by atoms with van der Waals surface area (Å²) in [4.78, 5) is 29.2. The average Bonchev–Trinajstić information content (AvgIpc) is 2.91. The molecule has 2 rings (SSSR count). The van der Waals surface area contributed by atoms with Crippen LogP contribution in [0.3, 0.4) is 0 Å². The van der Waals surface area contributed by atoms with Crippen molar-refractivity contribution in [2.24, 2.45) is 0 Å². The molecule has 100 valence electrons. The van der Waals surface area contributed by atoms with Gasteiger partial charge in [-0.1, -0.05) is 0 Å². The highest BCUT2D eigenvalue weighted by atomic mass is 16.2. The maximum Gasteiger partial charge on any atom is 0.251 e. The standard InChI is InChI=1S/C13H16N4O2/c18-12-9-11(3-5-15-12)13(19)16-4-1-2-7-17-8-6-14-10-17/h3,5-6,8-10H,1-2,4,7H2,(H,15,18)(H,16,19). The van der Waals surface area contributed by atoms with Crippen LogP contribution < -0.4 is 10.9 Å². The molecule has 2 aromatic heterocycles. The lowest BCUT2D eigenvalue weighted by atomic mass is 10.2. The molecule has 0 saturated carbocycles. The fraction of sp³-hybridized carbons (Fsp3) is 0.308. The van der Waals surface area contributed by atoms with E-state index in [1.54, 1.807) is 18.6 Å². The minimum atomic E-state index is -0.271. The van der Waals surface area contributed by atoms with Gasteiger partial charge in [0.1, 0.15) is 0 Å². The van der Waals surface area contributed by atoms with Gasteiger partial charge in [-0.3, -0.25) is 9.59 Å². The number of nitrogens with zero attached hydrogens (tertiary/aromatic N) is 2. The van der Waals surface area contributed by atoms with Crippen LogP contribution in [0.5, 0.6) is 0 Å². The van der Waals surface area contributed by atoms with E-state index in [4.69, 9.17) is 0 Å². The molecule has 0 fully saturated rings. The molecule has 19 heavy (non-hydrogen) atoms. The third-order valence-electron chi connectivity index (χ3n) is 2.73. The molecule has 0 saturated heterocycles. The topological polar surface area (TPSA) is 79.8 Å². The van der Waals surface area contributed by atoms with E-state index in [-0.39, 0.29) is 11.5 Å². The normalized spacial score (nSPS) is 10.3. The monoisotopic (exact) mass is 260 g/mol. The van der Waals surface area contributed by atoms with Gasteiger partial charge in [0.05, 0.1) is 6.33 Å². The van der Waals surface area contributed by atoms with E-state index in [1.165, 1.54) is 12.3 Å². The number of amides is 1. The molecule has 0 radical (unpaired) electrons. The van der Waals surface area contributed by atoms with Crippen molar-refractivity contribution < 1.29 is 4.79 Å². The third kappa shape index (κ3) is 4.09. The van der Waals surface area contributed by atoms with Crippen molar-refractivity contribution in [1.82, 2.24) is 19.9 Å². The van der Waals surface area contributed by atoms with Gasteiger partial charge in [-0.15, -0.1) is 0 Å². The van der Waals surface area contributed by atoms with Crippen LogP contribution in [-0.2, 0) is 6.54 Å². The summed E-state index contributed by atoms with van der Waals surface area (Å²) in [7, 11) is 0. The number of aryl methyl sites for hydroxylation is 1. The zero-order valence-electron chi connectivity index (χ0n) is 10.5. The second-order valence-corrected chi connectivity index (χ2v) is 4.21. The van der Waals surface area contributed by atoms with Crippen molar-refractivity contribution in [2.45, 2.75) is 19.4 Å². The molecule has 6 heteroatoms. The molecule has 1 amide bonds. The summed E-state index contributed by atoms with van der Waals surface area (Å²) in [6.07, 6.45) is 8.74. The Balaban J connectivity index is 1.68. The van der Waals surface area contributed by atoms with Gasteiger partial charge in [-0.2, -0.15) is 0 Å². The van der Waals surface area contributed by atoms with Crippen molar-refractivity contribution in [3.8, 4) is 0 Å². The zero-order valence-corrected chi connectivity index (χ0v) is 10.5. The first-order valence-electron chi connectivity index (χ1n) is 6.18. The number of carbonyl (C=O) groups excluding carboxylic acids is 1. The van der Waals surface area contributed by atoms with Gasteiger partial charge in [-0.25, -0.2) is 4.98 Å². The third-order valence-corrected chi connectivity index (χ3v) is 2.73. The molecule has 0 bridgehead atoms. The summed E-state index contributed by atoms with van der Waals surface area (Å²) in [5.74, 6) is -0.214. The molecule has 6 nitrogen and oxygen atoms in total. The quantitative estimate of drug-likeness (QED) is 0.753. The van der Waals surface area contributed by atoms with Crippen molar-refractivity contribution in [3.05, 3.63) is 53.0 Å². The van der Waals surface area contributed by atoms with Crippen molar-refractivity contribution in [3.63, 3.8) is 0 Å². The maximum atomic E-state index is 11.7. The Hall–Kier alpha value is -2.37. The van der Waals surface area contributed by atoms with Crippen LogP contribution in [0, 0.1) is 0 Å². The van der Waals surface area contributed by atoms with Crippen molar-refractivity contribution in [1.29, 1.82) is 0 Å². The fourth-order valence-electron chi connectivity index (χ4n) is 1.73. The van der Waals surface area contributed by atoms with Crippen LogP contribution in [0.2, 0.25) is 0 Å². The second-order valence-electron chi connectivity index (χ2n) is 4.21. The van der Waals surface area contributed by atoms with Crippen LogP contribution in [0.4, 0.5) is 0 Å². The highest BCUT2D eigenvalue weighted by molar-refractivity contribution is 5.93. The Kier molecular flexibility index (Phi) is 4.49. The SMILES string of the molecule is O=C(NCCCCn1ccnc1)c1cc[nH]c(=O)c1. The predicted molar refractivity (Wildman–Crippen MR) is 70.9 cm³/mol. The highest BCUT2D eigenvalue weighted by Crippen LogP contribution is 1.96. The number of rotatable bonds is 6. The number of hydrogen-bond donors (Lipinski definition) is 2. The number of nitrogens with one attached hydrogen (secondary N) is 2. The molecular weight excluding hydrogens is 244 g/mol. The number of carbonyl (C=O) groups is 1. The van der Waals surface area contributed by atoms with Gasteiger partial charge in [0.25, 0.3) is 5.91 Å². The van der Waals surface area contributed by atoms with Gasteiger partial charge in [0.2, 0.25) is 5.56 Å². The Morgan fingerprint density at radius 2 is 2.32 bits per heavy atom. The summed E-state index contributed by atoms with van der Waals surface area (Å²) >= 11 is 0. The molecule has 0 atom stereocenters. The van der Waals surface area contributed by atoms with E-state index in [2.05, 4.69) is 15.3 Å². The van der Waals surface area contributed by atoms with Gasteiger partial charge < -0.3 is 14.9 Å². The first kappa shape index (κ1) is 13.1. The molecule has 0 aromatic carbocycles. The average molecular weight is 260 g/mol. The highest BCUT2D eigenvalue weighted by Gasteiger charge is 2.04. The van der Waals surface area contributed by atoms with Crippen LogP contribution >= 0.6 is 0 Å². The van der Waals surface area contributed by atoms with E-state index in [0.29, 0.717) is 12.1 Å². The molecule has 0 spiro atoms. The number of pyridine rings is 1. The Bertz CT molecular complexity index is 574. The maximum absolute atomic E-state index is 11.7. The number of hydrogen-bond acceptors (Lipinski definition) is 3.